The van der Waals surface area contributed by atoms with Gasteiger partial charge in [0.1, 0.15) is 0 Å². The van der Waals surface area contributed by atoms with Crippen molar-refractivity contribution in [2.75, 3.05) is 0 Å². The second kappa shape index (κ2) is 10.5. The van der Waals surface area contributed by atoms with Gasteiger partial charge in [-0.25, -0.2) is 0 Å². The van der Waals surface area contributed by atoms with E-state index >= 15 is 0 Å². The summed E-state index contributed by atoms with van der Waals surface area (Å²) in [5, 5.41) is 24.9. The highest BCUT2D eigenvalue weighted by Crippen LogP contribution is 2.39. The molecule has 0 aliphatic carbocycles. The molecular formula is C40H24N2. The van der Waals surface area contributed by atoms with Crippen LogP contribution in [-0.2, 0) is 0 Å². The maximum absolute atomic E-state index is 10.3. The Hall–Kier alpha value is -5.96. The Morgan fingerprint density at radius 2 is 0.786 bits per heavy atom. The van der Waals surface area contributed by atoms with Crippen molar-refractivity contribution in [3.05, 3.63) is 157 Å². The molecule has 0 bridgehead atoms. The van der Waals surface area contributed by atoms with E-state index in [0.717, 1.165) is 49.5 Å². The summed E-state index contributed by atoms with van der Waals surface area (Å²) in [4.78, 5) is 0. The number of benzene rings is 7. The Kier molecular flexibility index (Phi) is 6.29. The number of nitrogens with zero attached hydrogens (tertiary/aromatic N) is 2. The average molecular weight is 533 g/mol. The van der Waals surface area contributed by atoms with Gasteiger partial charge in [0.05, 0.1) is 23.3 Å². The van der Waals surface area contributed by atoms with Crippen molar-refractivity contribution < 1.29 is 0 Å². The molecule has 7 rings (SSSR count). The predicted molar refractivity (Wildman–Crippen MR) is 173 cm³/mol. The number of fused-ring (bicyclic) bond motifs is 3. The van der Waals surface area contributed by atoms with E-state index in [1.54, 1.807) is 0 Å². The Bertz CT molecular complexity index is 2180. The molecule has 0 amide bonds. The first-order valence-corrected chi connectivity index (χ1v) is 13.9. The Labute approximate surface area is 245 Å². The second-order valence-corrected chi connectivity index (χ2v) is 10.4. The lowest BCUT2D eigenvalue weighted by molar-refractivity contribution is 1.44. The topological polar surface area (TPSA) is 47.6 Å². The van der Waals surface area contributed by atoms with E-state index in [0.29, 0.717) is 11.1 Å². The first-order chi connectivity index (χ1) is 20.7. The van der Waals surface area contributed by atoms with Gasteiger partial charge in [0.25, 0.3) is 0 Å². The van der Waals surface area contributed by atoms with Crippen LogP contribution in [0.1, 0.15) is 11.1 Å². The fraction of sp³-hybridized carbons (Fsp3) is 0. The van der Waals surface area contributed by atoms with Crippen molar-refractivity contribution in [2.24, 2.45) is 0 Å². The minimum absolute atomic E-state index is 0.543. The van der Waals surface area contributed by atoms with Gasteiger partial charge < -0.3 is 0 Å². The van der Waals surface area contributed by atoms with Gasteiger partial charge in [-0.05, 0) is 73.1 Å². The highest BCUT2D eigenvalue weighted by molar-refractivity contribution is 6.14. The quantitative estimate of drug-likeness (QED) is 0.212. The standard InChI is InChI=1S/C40H24N2/c41-25-33-24-39(40-22-32-10-4-5-11-35(32)36-12-6-7-13-37(36)40)34(26-42)23-38(33)31-20-18-30(19-21-31)29-16-14-28(15-17-29)27-8-2-1-3-9-27/h1-24H. The molecule has 7 aromatic carbocycles. The number of hydrogen-bond acceptors (Lipinski definition) is 2. The van der Waals surface area contributed by atoms with Crippen LogP contribution in [0.3, 0.4) is 0 Å². The smallest absolute Gasteiger partial charge is 0.0998 e. The van der Waals surface area contributed by atoms with Crippen LogP contribution in [0.2, 0.25) is 0 Å². The van der Waals surface area contributed by atoms with Crippen LogP contribution in [0.25, 0.3) is 66.1 Å². The van der Waals surface area contributed by atoms with E-state index in [4.69, 9.17) is 0 Å². The molecule has 0 saturated carbocycles. The molecule has 0 aliphatic rings. The molecular weight excluding hydrogens is 508 g/mol. The lowest BCUT2D eigenvalue weighted by atomic mass is 9.87. The van der Waals surface area contributed by atoms with Crippen LogP contribution in [0.4, 0.5) is 0 Å². The third kappa shape index (κ3) is 4.39. The van der Waals surface area contributed by atoms with Gasteiger partial charge in [0.15, 0.2) is 0 Å². The summed E-state index contributed by atoms with van der Waals surface area (Å²) in [6.45, 7) is 0. The molecule has 0 unspecified atom stereocenters. The predicted octanol–water partition coefficient (Wildman–Crippen LogP) is 10.4. The van der Waals surface area contributed by atoms with Crippen molar-refractivity contribution in [1.29, 1.82) is 10.5 Å². The second-order valence-electron chi connectivity index (χ2n) is 10.4. The molecule has 0 atom stereocenters. The van der Waals surface area contributed by atoms with Crippen molar-refractivity contribution >= 4 is 21.5 Å². The maximum atomic E-state index is 10.3. The van der Waals surface area contributed by atoms with E-state index in [1.165, 1.54) is 16.5 Å². The SMILES string of the molecule is N#Cc1cc(-c2cc3ccccc3c3ccccc23)c(C#N)cc1-c1ccc(-c2ccc(-c3ccccc3)cc2)cc1. The minimum atomic E-state index is 0.543. The van der Waals surface area contributed by atoms with Crippen LogP contribution in [0.15, 0.2) is 146 Å². The van der Waals surface area contributed by atoms with Crippen molar-refractivity contribution in [3.63, 3.8) is 0 Å². The summed E-state index contributed by atoms with van der Waals surface area (Å²) < 4.78 is 0. The zero-order valence-electron chi connectivity index (χ0n) is 22.8. The van der Waals surface area contributed by atoms with Crippen LogP contribution in [-0.4, -0.2) is 0 Å². The summed E-state index contributed by atoms with van der Waals surface area (Å²) in [6.07, 6.45) is 0. The van der Waals surface area contributed by atoms with Crippen LogP contribution < -0.4 is 0 Å². The number of nitriles is 2. The van der Waals surface area contributed by atoms with Gasteiger partial charge >= 0.3 is 0 Å². The number of rotatable bonds is 4. The van der Waals surface area contributed by atoms with Crippen molar-refractivity contribution in [3.8, 4) is 56.6 Å². The third-order valence-corrected chi connectivity index (χ3v) is 7.98. The third-order valence-electron chi connectivity index (χ3n) is 7.98. The molecule has 2 nitrogen and oxygen atoms in total. The lowest BCUT2D eigenvalue weighted by Crippen LogP contribution is -1.93. The van der Waals surface area contributed by atoms with E-state index < -0.39 is 0 Å². The molecule has 2 heteroatoms. The molecule has 0 heterocycles. The average Bonchev–Trinajstić information content (AvgIpc) is 3.08. The fourth-order valence-corrected chi connectivity index (χ4v) is 5.85. The Morgan fingerprint density at radius 3 is 1.40 bits per heavy atom. The van der Waals surface area contributed by atoms with E-state index in [9.17, 15) is 10.5 Å². The zero-order valence-corrected chi connectivity index (χ0v) is 22.8. The van der Waals surface area contributed by atoms with Gasteiger partial charge in [-0.15, -0.1) is 0 Å². The summed E-state index contributed by atoms with van der Waals surface area (Å²) in [6, 6.07) is 54.3. The first-order valence-electron chi connectivity index (χ1n) is 13.9. The monoisotopic (exact) mass is 532 g/mol. The van der Waals surface area contributed by atoms with E-state index in [2.05, 4.69) is 91.0 Å². The van der Waals surface area contributed by atoms with Crippen LogP contribution in [0, 0.1) is 22.7 Å². The largest absolute Gasteiger partial charge is 0.192 e. The maximum Gasteiger partial charge on any atom is 0.0998 e. The molecule has 0 N–H and O–H groups in total. The van der Waals surface area contributed by atoms with Crippen LogP contribution in [0.5, 0.6) is 0 Å². The van der Waals surface area contributed by atoms with Gasteiger partial charge in [0, 0.05) is 11.1 Å². The molecule has 42 heavy (non-hydrogen) atoms. The summed E-state index contributed by atoms with van der Waals surface area (Å²) in [5.41, 5.74) is 9.07. The highest BCUT2D eigenvalue weighted by Gasteiger charge is 2.16. The van der Waals surface area contributed by atoms with Gasteiger partial charge in [0.2, 0.25) is 0 Å². The summed E-state index contributed by atoms with van der Waals surface area (Å²) in [7, 11) is 0. The normalized spacial score (nSPS) is 10.8. The number of hydrogen-bond donors (Lipinski definition) is 0. The molecule has 0 aromatic heterocycles. The fourth-order valence-electron chi connectivity index (χ4n) is 5.85. The first kappa shape index (κ1) is 25.0. The molecule has 7 aromatic rings. The highest BCUT2D eigenvalue weighted by atomic mass is 14.3. The van der Waals surface area contributed by atoms with Gasteiger partial charge in [-0.2, -0.15) is 10.5 Å². The molecule has 0 saturated heterocycles. The Balaban J connectivity index is 1.29. The summed E-state index contributed by atoms with van der Waals surface area (Å²) >= 11 is 0. The van der Waals surface area contributed by atoms with E-state index in [-0.39, 0.29) is 0 Å². The Morgan fingerprint density at radius 1 is 0.333 bits per heavy atom. The van der Waals surface area contributed by atoms with Crippen molar-refractivity contribution in [1.82, 2.24) is 0 Å². The van der Waals surface area contributed by atoms with E-state index in [1.807, 2.05) is 66.7 Å². The minimum Gasteiger partial charge on any atom is -0.192 e. The van der Waals surface area contributed by atoms with Gasteiger partial charge in [-0.1, -0.05) is 127 Å². The molecule has 0 radical (unpaired) electrons. The van der Waals surface area contributed by atoms with Crippen molar-refractivity contribution in [2.45, 2.75) is 0 Å². The molecule has 0 fully saturated rings. The molecule has 194 valence electrons. The van der Waals surface area contributed by atoms with Gasteiger partial charge in [-0.3, -0.25) is 0 Å². The summed E-state index contributed by atoms with van der Waals surface area (Å²) in [5.74, 6) is 0. The zero-order chi connectivity index (χ0) is 28.5. The lowest BCUT2D eigenvalue weighted by Gasteiger charge is -2.15. The molecule has 0 aliphatic heterocycles. The molecule has 0 spiro atoms. The van der Waals surface area contributed by atoms with Crippen LogP contribution >= 0.6 is 0 Å².